The monoisotopic (exact) mass is 420 g/mol. The molecule has 0 atom stereocenters. The lowest BCUT2D eigenvalue weighted by atomic mass is 9.97. The second-order valence-corrected chi connectivity index (χ2v) is 8.65. The SMILES string of the molecule is C=CSNc1ccc(NC2CCN(C)CC2)c(-c2cn(C)c(=O)c3ccccc23)c1. The van der Waals surface area contributed by atoms with Gasteiger partial charge in [-0.25, -0.2) is 0 Å². The molecule has 6 heteroatoms. The van der Waals surface area contributed by atoms with E-state index in [0.29, 0.717) is 6.04 Å². The molecule has 2 aromatic carbocycles. The van der Waals surface area contributed by atoms with E-state index in [9.17, 15) is 4.79 Å². The maximum Gasteiger partial charge on any atom is 0.258 e. The number of likely N-dealkylation sites (tertiary alicyclic amines) is 1. The Bertz CT molecular complexity index is 1120. The van der Waals surface area contributed by atoms with Gasteiger partial charge < -0.3 is 19.5 Å². The Labute approximate surface area is 181 Å². The maximum atomic E-state index is 12.7. The van der Waals surface area contributed by atoms with Crippen molar-refractivity contribution in [1.82, 2.24) is 9.47 Å². The fraction of sp³-hybridized carbons (Fsp3) is 0.292. The number of fused-ring (bicyclic) bond motifs is 1. The molecule has 1 saturated heterocycles. The van der Waals surface area contributed by atoms with Gasteiger partial charge in [0.15, 0.2) is 0 Å². The van der Waals surface area contributed by atoms with E-state index >= 15 is 0 Å². The summed E-state index contributed by atoms with van der Waals surface area (Å²) in [5, 5.41) is 7.26. The van der Waals surface area contributed by atoms with Crippen LogP contribution < -0.4 is 15.6 Å². The molecule has 5 nitrogen and oxygen atoms in total. The van der Waals surface area contributed by atoms with Crippen LogP contribution in [0.3, 0.4) is 0 Å². The van der Waals surface area contributed by atoms with Crippen molar-refractivity contribution >= 4 is 34.1 Å². The fourth-order valence-electron chi connectivity index (χ4n) is 4.07. The molecule has 0 saturated carbocycles. The van der Waals surface area contributed by atoms with Crippen molar-refractivity contribution in [3.63, 3.8) is 0 Å². The van der Waals surface area contributed by atoms with E-state index in [0.717, 1.165) is 59.2 Å². The lowest BCUT2D eigenvalue weighted by Crippen LogP contribution is -2.36. The van der Waals surface area contributed by atoms with E-state index in [1.54, 1.807) is 9.98 Å². The molecule has 2 N–H and O–H groups in total. The van der Waals surface area contributed by atoms with Crippen LogP contribution in [-0.4, -0.2) is 35.6 Å². The van der Waals surface area contributed by atoms with Crippen LogP contribution in [0.4, 0.5) is 11.4 Å². The normalized spacial score (nSPS) is 15.3. The summed E-state index contributed by atoms with van der Waals surface area (Å²) in [6.07, 6.45) is 4.19. The quantitative estimate of drug-likeness (QED) is 0.555. The molecule has 30 heavy (non-hydrogen) atoms. The van der Waals surface area contributed by atoms with Gasteiger partial charge in [0.05, 0.1) is 0 Å². The molecule has 0 bridgehead atoms. The lowest BCUT2D eigenvalue weighted by molar-refractivity contribution is 0.264. The van der Waals surface area contributed by atoms with Gasteiger partial charge in [-0.2, -0.15) is 0 Å². The number of aryl methyl sites for hydroxylation is 1. The summed E-state index contributed by atoms with van der Waals surface area (Å²) in [7, 11) is 3.99. The van der Waals surface area contributed by atoms with E-state index in [1.807, 2.05) is 37.5 Å². The number of rotatable bonds is 6. The molecule has 156 valence electrons. The van der Waals surface area contributed by atoms with E-state index in [2.05, 4.69) is 46.8 Å². The lowest BCUT2D eigenvalue weighted by Gasteiger charge is -2.31. The van der Waals surface area contributed by atoms with Gasteiger partial charge in [-0.15, -0.1) is 0 Å². The van der Waals surface area contributed by atoms with E-state index in [4.69, 9.17) is 0 Å². The van der Waals surface area contributed by atoms with Crippen molar-refractivity contribution in [3.8, 4) is 11.1 Å². The summed E-state index contributed by atoms with van der Waals surface area (Å²) in [6.45, 7) is 5.97. The van der Waals surface area contributed by atoms with Crippen LogP contribution >= 0.6 is 11.9 Å². The molecule has 1 aromatic heterocycles. The van der Waals surface area contributed by atoms with Gasteiger partial charge >= 0.3 is 0 Å². The zero-order valence-corrected chi connectivity index (χ0v) is 18.3. The zero-order chi connectivity index (χ0) is 21.1. The molecular weight excluding hydrogens is 392 g/mol. The van der Waals surface area contributed by atoms with Crippen LogP contribution in [0.2, 0.25) is 0 Å². The summed E-state index contributed by atoms with van der Waals surface area (Å²) < 4.78 is 4.99. The van der Waals surface area contributed by atoms with Gasteiger partial charge in [-0.3, -0.25) is 4.79 Å². The number of hydrogen-bond donors (Lipinski definition) is 2. The third-order valence-corrected chi connectivity index (χ3v) is 6.26. The van der Waals surface area contributed by atoms with Gasteiger partial charge in [0.2, 0.25) is 0 Å². The van der Waals surface area contributed by atoms with Gasteiger partial charge in [0.25, 0.3) is 5.56 Å². The topological polar surface area (TPSA) is 49.3 Å². The van der Waals surface area contributed by atoms with Crippen LogP contribution in [-0.2, 0) is 7.05 Å². The first kappa shape index (κ1) is 20.6. The third-order valence-electron chi connectivity index (χ3n) is 5.74. The summed E-state index contributed by atoms with van der Waals surface area (Å²) in [4.78, 5) is 15.0. The number of aromatic nitrogens is 1. The molecule has 0 radical (unpaired) electrons. The largest absolute Gasteiger partial charge is 0.382 e. The number of piperidine rings is 1. The van der Waals surface area contributed by atoms with Crippen molar-refractivity contribution in [2.24, 2.45) is 7.05 Å². The Morgan fingerprint density at radius 2 is 1.80 bits per heavy atom. The van der Waals surface area contributed by atoms with Crippen molar-refractivity contribution < 1.29 is 0 Å². The molecule has 0 spiro atoms. The number of nitrogens with one attached hydrogen (secondary N) is 2. The first-order valence-corrected chi connectivity index (χ1v) is 11.1. The van der Waals surface area contributed by atoms with Crippen molar-refractivity contribution in [2.45, 2.75) is 18.9 Å². The predicted octanol–water partition coefficient (Wildman–Crippen LogP) is 4.92. The molecule has 1 aliphatic heterocycles. The second-order valence-electron chi connectivity index (χ2n) is 7.87. The van der Waals surface area contributed by atoms with Crippen LogP contribution in [0.1, 0.15) is 12.8 Å². The first-order valence-electron chi connectivity index (χ1n) is 10.3. The Hall–Kier alpha value is -2.70. The molecule has 2 heterocycles. The molecule has 1 aliphatic rings. The number of hydrogen-bond acceptors (Lipinski definition) is 5. The van der Waals surface area contributed by atoms with Crippen LogP contribution in [0.25, 0.3) is 21.9 Å². The van der Waals surface area contributed by atoms with E-state index < -0.39 is 0 Å². The highest BCUT2D eigenvalue weighted by Crippen LogP contribution is 2.36. The summed E-state index contributed by atoms with van der Waals surface area (Å²) in [5.74, 6) is 0. The summed E-state index contributed by atoms with van der Waals surface area (Å²) in [5.41, 5.74) is 4.27. The smallest absolute Gasteiger partial charge is 0.258 e. The Balaban J connectivity index is 1.82. The third kappa shape index (κ3) is 4.25. The van der Waals surface area contributed by atoms with Gasteiger partial charge in [0.1, 0.15) is 0 Å². The second kappa shape index (κ2) is 8.98. The summed E-state index contributed by atoms with van der Waals surface area (Å²) in [6, 6.07) is 14.7. The Morgan fingerprint density at radius 1 is 1.07 bits per heavy atom. The number of benzene rings is 2. The average molecular weight is 421 g/mol. The maximum absolute atomic E-state index is 12.7. The standard InChI is InChI=1S/C24H28N4OS/c1-4-30-26-18-9-10-23(25-17-11-13-27(2)14-12-17)21(15-18)22-16-28(3)24(29)20-8-6-5-7-19(20)22/h4-10,15-17,25-26H,1,11-14H2,2-3H3. The number of nitrogens with zero attached hydrogens (tertiary/aromatic N) is 2. The number of pyridine rings is 1. The minimum absolute atomic E-state index is 0.0238. The van der Waals surface area contributed by atoms with Crippen molar-refractivity contribution in [3.05, 3.63) is 71.0 Å². The number of anilines is 2. The highest BCUT2D eigenvalue weighted by atomic mass is 32.2. The van der Waals surface area contributed by atoms with Crippen LogP contribution in [0.5, 0.6) is 0 Å². The molecule has 4 rings (SSSR count). The highest BCUT2D eigenvalue weighted by molar-refractivity contribution is 8.03. The molecule has 0 amide bonds. The van der Waals surface area contributed by atoms with Gasteiger partial charge in [-0.05, 0) is 80.0 Å². The van der Waals surface area contributed by atoms with Crippen LogP contribution in [0.15, 0.2) is 65.4 Å². The molecule has 0 aliphatic carbocycles. The predicted molar refractivity (Wildman–Crippen MR) is 130 cm³/mol. The van der Waals surface area contributed by atoms with Crippen LogP contribution in [0, 0.1) is 0 Å². The molecule has 1 fully saturated rings. The molecule has 0 unspecified atom stereocenters. The highest BCUT2D eigenvalue weighted by Gasteiger charge is 2.19. The van der Waals surface area contributed by atoms with Crippen molar-refractivity contribution in [1.29, 1.82) is 0 Å². The minimum atomic E-state index is 0.0238. The Kier molecular flexibility index (Phi) is 6.16. The van der Waals surface area contributed by atoms with Gasteiger partial charge in [-0.1, -0.05) is 24.8 Å². The zero-order valence-electron chi connectivity index (χ0n) is 17.5. The average Bonchev–Trinajstić information content (AvgIpc) is 2.77. The van der Waals surface area contributed by atoms with E-state index in [1.165, 1.54) is 11.9 Å². The van der Waals surface area contributed by atoms with Gasteiger partial charge in [0, 0.05) is 47.2 Å². The van der Waals surface area contributed by atoms with Crippen molar-refractivity contribution in [2.75, 3.05) is 30.2 Å². The molecular formula is C24H28N4OS. The Morgan fingerprint density at radius 3 is 2.53 bits per heavy atom. The summed E-state index contributed by atoms with van der Waals surface area (Å²) >= 11 is 1.45. The molecule has 3 aromatic rings. The fourth-order valence-corrected chi connectivity index (χ4v) is 4.42. The first-order chi connectivity index (χ1) is 14.6. The van der Waals surface area contributed by atoms with E-state index in [-0.39, 0.29) is 5.56 Å². The minimum Gasteiger partial charge on any atom is -0.382 e.